The highest BCUT2D eigenvalue weighted by Gasteiger charge is 2.68. The van der Waals surface area contributed by atoms with Crippen LogP contribution in [0.5, 0.6) is 5.75 Å². The Hall–Kier alpha value is -7.00. The molecule has 6 aromatic rings. The van der Waals surface area contributed by atoms with E-state index in [0.29, 0.717) is 16.9 Å². The Balaban J connectivity index is 1.67. The van der Waals surface area contributed by atoms with Gasteiger partial charge in [-0.2, -0.15) is 0 Å². The second-order valence-electron chi connectivity index (χ2n) is 12.1. The molecular formula is C44H36N2O7. The van der Waals surface area contributed by atoms with Crippen molar-refractivity contribution in [3.63, 3.8) is 0 Å². The highest BCUT2D eigenvalue weighted by atomic mass is 16.6. The predicted octanol–water partition coefficient (Wildman–Crippen LogP) is 7.31. The molecule has 53 heavy (non-hydrogen) atoms. The molecule has 0 aromatic heterocycles. The highest BCUT2D eigenvalue weighted by Crippen LogP contribution is 2.47. The molecule has 0 aliphatic carbocycles. The second kappa shape index (κ2) is 15.9. The maximum atomic E-state index is 15.4. The van der Waals surface area contributed by atoms with Crippen LogP contribution >= 0.6 is 0 Å². The molecule has 9 nitrogen and oxygen atoms in total. The third-order valence-corrected chi connectivity index (χ3v) is 9.00. The fourth-order valence-electron chi connectivity index (χ4n) is 6.44. The summed E-state index contributed by atoms with van der Waals surface area (Å²) in [4.78, 5) is 59.1. The van der Waals surface area contributed by atoms with E-state index in [2.05, 4.69) is 10.6 Å². The smallest absolute Gasteiger partial charge is 0.339 e. The molecule has 9 heteroatoms. The van der Waals surface area contributed by atoms with Crippen LogP contribution < -0.4 is 15.4 Å². The van der Waals surface area contributed by atoms with Crippen LogP contribution in [-0.4, -0.2) is 36.0 Å². The standard InChI is InChI=1S/C44H36N2O7/c1-52-37-29-27-36(28-30-37)45-41(49)44(35-25-15-6-16-26-35,53-40(48)38(31-17-7-2-8-18-31)32-19-9-3-10-20-32)43(42(50)51,34-23-13-5-14-24-34)46-39(47)33-21-11-4-12-22-33/h2-30,38H,1H3,(H,45,49)(H,46,47)(H,50,51). The molecule has 0 bridgehead atoms. The molecule has 0 heterocycles. The average Bonchev–Trinajstić information content (AvgIpc) is 3.21. The van der Waals surface area contributed by atoms with Crippen molar-refractivity contribution in [1.29, 1.82) is 0 Å². The zero-order valence-corrected chi connectivity index (χ0v) is 28.7. The lowest BCUT2D eigenvalue weighted by molar-refractivity contribution is -0.188. The summed E-state index contributed by atoms with van der Waals surface area (Å²) in [7, 11) is 1.50. The van der Waals surface area contributed by atoms with Gasteiger partial charge in [-0.15, -0.1) is 0 Å². The molecule has 2 amide bonds. The van der Waals surface area contributed by atoms with Gasteiger partial charge in [0.05, 0.1) is 7.11 Å². The van der Waals surface area contributed by atoms with Crippen molar-refractivity contribution in [1.82, 2.24) is 5.32 Å². The molecule has 6 aromatic carbocycles. The third-order valence-electron chi connectivity index (χ3n) is 9.00. The van der Waals surface area contributed by atoms with Gasteiger partial charge in [-0.25, -0.2) is 4.79 Å². The summed E-state index contributed by atoms with van der Waals surface area (Å²) in [5.74, 6) is -5.06. The largest absolute Gasteiger partial charge is 0.497 e. The van der Waals surface area contributed by atoms with E-state index in [4.69, 9.17) is 9.47 Å². The minimum Gasteiger partial charge on any atom is -0.497 e. The van der Waals surface area contributed by atoms with Gasteiger partial charge in [-0.1, -0.05) is 140 Å². The number of hydrogen-bond acceptors (Lipinski definition) is 6. The summed E-state index contributed by atoms with van der Waals surface area (Å²) < 4.78 is 11.9. The minimum absolute atomic E-state index is 0.0150. The lowest BCUT2D eigenvalue weighted by atomic mass is 9.69. The van der Waals surface area contributed by atoms with Gasteiger partial charge in [-0.05, 0) is 53.1 Å². The van der Waals surface area contributed by atoms with E-state index >= 15 is 9.59 Å². The van der Waals surface area contributed by atoms with E-state index in [1.807, 2.05) is 0 Å². The molecule has 0 radical (unpaired) electrons. The number of carboxylic acid groups (broad SMARTS) is 1. The van der Waals surface area contributed by atoms with Crippen molar-refractivity contribution < 1.29 is 33.8 Å². The van der Waals surface area contributed by atoms with Crippen molar-refractivity contribution in [3.05, 3.63) is 204 Å². The molecule has 2 unspecified atom stereocenters. The Morgan fingerprint density at radius 1 is 0.585 bits per heavy atom. The maximum absolute atomic E-state index is 15.4. The molecule has 0 saturated heterocycles. The number of benzene rings is 6. The first-order valence-corrected chi connectivity index (χ1v) is 16.8. The van der Waals surface area contributed by atoms with Crippen LogP contribution in [-0.2, 0) is 30.3 Å². The quantitative estimate of drug-likeness (QED) is 0.108. The van der Waals surface area contributed by atoms with Gasteiger partial charge < -0.3 is 25.2 Å². The molecule has 0 aliphatic rings. The summed E-state index contributed by atoms with van der Waals surface area (Å²) >= 11 is 0. The third kappa shape index (κ3) is 7.13. The second-order valence-corrected chi connectivity index (χ2v) is 12.1. The number of nitrogens with one attached hydrogen (secondary N) is 2. The van der Waals surface area contributed by atoms with Gasteiger partial charge in [0.2, 0.25) is 5.54 Å². The van der Waals surface area contributed by atoms with Crippen LogP contribution in [0.15, 0.2) is 176 Å². The molecular weight excluding hydrogens is 668 g/mol. The van der Waals surface area contributed by atoms with E-state index < -0.39 is 40.8 Å². The lowest BCUT2D eigenvalue weighted by Crippen LogP contribution is -2.70. The average molecular weight is 705 g/mol. The minimum atomic E-state index is -2.80. The topological polar surface area (TPSA) is 131 Å². The Labute approximate surface area is 306 Å². The number of aliphatic carboxylic acids is 1. The van der Waals surface area contributed by atoms with Crippen molar-refractivity contribution in [2.24, 2.45) is 0 Å². The van der Waals surface area contributed by atoms with Crippen LogP contribution in [0.2, 0.25) is 0 Å². The number of hydrogen-bond donors (Lipinski definition) is 3. The van der Waals surface area contributed by atoms with Gasteiger partial charge in [0.1, 0.15) is 11.7 Å². The Morgan fingerprint density at radius 2 is 1.04 bits per heavy atom. The number of carbonyl (C=O) groups excluding carboxylic acids is 3. The first-order chi connectivity index (χ1) is 25.8. The number of carbonyl (C=O) groups is 4. The molecule has 0 saturated carbocycles. The summed E-state index contributed by atoms with van der Waals surface area (Å²) in [6, 6.07) is 47.7. The molecule has 0 fully saturated rings. The molecule has 0 aliphatic heterocycles. The monoisotopic (exact) mass is 704 g/mol. The zero-order chi connectivity index (χ0) is 37.3. The summed E-state index contributed by atoms with van der Waals surface area (Å²) in [6.45, 7) is 0. The number of carboxylic acids is 1. The van der Waals surface area contributed by atoms with Crippen LogP contribution in [0.4, 0.5) is 5.69 Å². The number of esters is 1. The molecule has 0 spiro atoms. The van der Waals surface area contributed by atoms with E-state index in [9.17, 15) is 14.7 Å². The maximum Gasteiger partial charge on any atom is 0.339 e. The fourth-order valence-corrected chi connectivity index (χ4v) is 6.44. The normalized spacial score (nSPS) is 13.1. The SMILES string of the molecule is COc1ccc(NC(=O)C(OC(=O)C(c2ccccc2)c2ccccc2)(c2ccccc2)C(NC(=O)c2ccccc2)(C(=O)O)c2ccccc2)cc1. The van der Waals surface area contributed by atoms with Gasteiger partial charge in [0.25, 0.3) is 17.4 Å². The van der Waals surface area contributed by atoms with E-state index in [1.54, 1.807) is 140 Å². The molecule has 3 N–H and O–H groups in total. The fraction of sp³-hybridized carbons (Fsp3) is 0.0909. The summed E-state index contributed by atoms with van der Waals surface area (Å²) in [5.41, 5.74) is -4.18. The highest BCUT2D eigenvalue weighted by molar-refractivity contribution is 6.08. The van der Waals surface area contributed by atoms with Gasteiger partial charge in [-0.3, -0.25) is 14.4 Å². The summed E-state index contributed by atoms with van der Waals surface area (Å²) in [6.07, 6.45) is 0. The predicted molar refractivity (Wildman–Crippen MR) is 200 cm³/mol. The Morgan fingerprint density at radius 3 is 1.51 bits per heavy atom. The number of rotatable bonds is 13. The first-order valence-electron chi connectivity index (χ1n) is 16.8. The van der Waals surface area contributed by atoms with Crippen molar-refractivity contribution in [2.75, 3.05) is 12.4 Å². The molecule has 264 valence electrons. The summed E-state index contributed by atoms with van der Waals surface area (Å²) in [5, 5.41) is 17.2. The number of ether oxygens (including phenoxy) is 2. The van der Waals surface area contributed by atoms with Crippen LogP contribution in [0, 0.1) is 0 Å². The van der Waals surface area contributed by atoms with Gasteiger partial charge in [0.15, 0.2) is 0 Å². The van der Waals surface area contributed by atoms with Crippen LogP contribution in [0.1, 0.15) is 38.5 Å². The molecule has 2 atom stereocenters. The van der Waals surface area contributed by atoms with Gasteiger partial charge in [0, 0.05) is 16.8 Å². The first kappa shape index (κ1) is 35.8. The van der Waals surface area contributed by atoms with Crippen molar-refractivity contribution >= 4 is 29.4 Å². The lowest BCUT2D eigenvalue weighted by Gasteiger charge is -2.46. The van der Waals surface area contributed by atoms with E-state index in [1.165, 1.54) is 43.5 Å². The number of methoxy groups -OCH3 is 1. The number of anilines is 1. The van der Waals surface area contributed by atoms with Crippen LogP contribution in [0.3, 0.4) is 0 Å². The van der Waals surface area contributed by atoms with Crippen LogP contribution in [0.25, 0.3) is 0 Å². The number of amides is 2. The van der Waals surface area contributed by atoms with Crippen molar-refractivity contribution in [2.45, 2.75) is 17.1 Å². The Kier molecular flexibility index (Phi) is 10.8. The molecule has 6 rings (SSSR count). The van der Waals surface area contributed by atoms with Gasteiger partial charge >= 0.3 is 11.9 Å². The Bertz CT molecular complexity index is 2130. The van der Waals surface area contributed by atoms with E-state index in [0.717, 1.165) is 0 Å². The van der Waals surface area contributed by atoms with E-state index in [-0.39, 0.29) is 22.4 Å². The van der Waals surface area contributed by atoms with Crippen molar-refractivity contribution in [3.8, 4) is 5.75 Å². The zero-order valence-electron chi connectivity index (χ0n) is 28.7.